The van der Waals surface area contributed by atoms with E-state index in [-0.39, 0.29) is 17.4 Å². The van der Waals surface area contributed by atoms with Crippen molar-refractivity contribution in [1.82, 2.24) is 5.32 Å². The van der Waals surface area contributed by atoms with Gasteiger partial charge < -0.3 is 11.1 Å². The third kappa shape index (κ3) is 1.43. The lowest BCUT2D eigenvalue weighted by Gasteiger charge is -2.30. The molecule has 1 aromatic carbocycles. The van der Waals surface area contributed by atoms with E-state index in [1.54, 1.807) is 0 Å². The lowest BCUT2D eigenvalue weighted by Crippen LogP contribution is -2.46. The second-order valence-electron chi connectivity index (χ2n) is 4.93. The number of amides is 1. The maximum Gasteiger partial charge on any atom is 0.228 e. The number of hydrogen-bond acceptors (Lipinski definition) is 2. The Bertz CT molecular complexity index is 437. The van der Waals surface area contributed by atoms with Crippen molar-refractivity contribution in [3.05, 3.63) is 35.4 Å². The van der Waals surface area contributed by atoms with Gasteiger partial charge in [-0.05, 0) is 30.4 Å². The molecule has 3 heteroatoms. The smallest absolute Gasteiger partial charge is 0.228 e. The average molecular weight is 216 g/mol. The van der Waals surface area contributed by atoms with Crippen LogP contribution in [0.15, 0.2) is 24.3 Å². The van der Waals surface area contributed by atoms with Gasteiger partial charge in [-0.25, -0.2) is 0 Å². The van der Waals surface area contributed by atoms with Crippen molar-refractivity contribution in [2.75, 3.05) is 6.54 Å². The third-order valence-corrected chi connectivity index (χ3v) is 3.80. The molecule has 0 bridgehead atoms. The van der Waals surface area contributed by atoms with Crippen molar-refractivity contribution >= 4 is 5.91 Å². The molecule has 1 atom stereocenters. The summed E-state index contributed by atoms with van der Waals surface area (Å²) in [5, 5.41) is 3.10. The summed E-state index contributed by atoms with van der Waals surface area (Å²) in [6, 6.07) is 8.16. The molecule has 1 fully saturated rings. The zero-order valence-corrected chi connectivity index (χ0v) is 9.20. The van der Waals surface area contributed by atoms with Gasteiger partial charge in [-0.3, -0.25) is 4.79 Å². The first-order valence-corrected chi connectivity index (χ1v) is 5.84. The summed E-state index contributed by atoms with van der Waals surface area (Å²) in [4.78, 5) is 12.0. The molecule has 1 unspecified atom stereocenters. The number of benzene rings is 1. The van der Waals surface area contributed by atoms with Gasteiger partial charge in [0, 0.05) is 6.54 Å². The van der Waals surface area contributed by atoms with Crippen LogP contribution in [0.2, 0.25) is 0 Å². The molecule has 0 aliphatic heterocycles. The summed E-state index contributed by atoms with van der Waals surface area (Å²) in [6.07, 6.45) is 2.94. The number of carbonyl (C=O) groups is 1. The van der Waals surface area contributed by atoms with E-state index < -0.39 is 0 Å². The maximum absolute atomic E-state index is 12.0. The minimum atomic E-state index is -0.0678. The van der Waals surface area contributed by atoms with Crippen molar-refractivity contribution in [2.45, 2.75) is 30.7 Å². The monoisotopic (exact) mass is 216 g/mol. The second-order valence-corrected chi connectivity index (χ2v) is 4.93. The molecule has 0 radical (unpaired) electrons. The normalized spacial score (nSPS) is 24.2. The first-order chi connectivity index (χ1) is 7.74. The zero-order valence-electron chi connectivity index (χ0n) is 9.20. The van der Waals surface area contributed by atoms with Crippen LogP contribution in [-0.2, 0) is 11.2 Å². The van der Waals surface area contributed by atoms with Crippen molar-refractivity contribution in [3.63, 3.8) is 0 Å². The Morgan fingerprint density at radius 1 is 1.44 bits per heavy atom. The second kappa shape index (κ2) is 3.32. The van der Waals surface area contributed by atoms with Gasteiger partial charge in [0.15, 0.2) is 0 Å². The highest BCUT2D eigenvalue weighted by molar-refractivity contribution is 5.87. The van der Waals surface area contributed by atoms with Crippen LogP contribution in [0.5, 0.6) is 0 Å². The van der Waals surface area contributed by atoms with Gasteiger partial charge in [0.25, 0.3) is 0 Å². The van der Waals surface area contributed by atoms with E-state index in [1.807, 2.05) is 18.2 Å². The Labute approximate surface area is 95.0 Å². The summed E-state index contributed by atoms with van der Waals surface area (Å²) in [5.41, 5.74) is 8.08. The van der Waals surface area contributed by atoms with Crippen molar-refractivity contribution in [1.29, 1.82) is 0 Å². The van der Waals surface area contributed by atoms with E-state index in [2.05, 4.69) is 11.4 Å². The van der Waals surface area contributed by atoms with Gasteiger partial charge >= 0.3 is 0 Å². The number of fused-ring (bicyclic) bond motifs is 1. The number of nitrogens with one attached hydrogen (secondary N) is 1. The number of carbonyl (C=O) groups excluding carboxylic acids is 1. The largest absolute Gasteiger partial charge is 0.349 e. The third-order valence-electron chi connectivity index (χ3n) is 3.80. The molecule has 0 spiro atoms. The van der Waals surface area contributed by atoms with Crippen LogP contribution >= 0.6 is 0 Å². The van der Waals surface area contributed by atoms with Crippen LogP contribution < -0.4 is 11.1 Å². The molecule has 84 valence electrons. The highest BCUT2D eigenvalue weighted by Crippen LogP contribution is 2.38. The molecule has 2 aliphatic rings. The molecular weight excluding hydrogens is 200 g/mol. The topological polar surface area (TPSA) is 55.1 Å². The molecule has 1 saturated carbocycles. The predicted octanol–water partition coefficient (Wildman–Crippen LogP) is 0.934. The van der Waals surface area contributed by atoms with Crippen LogP contribution in [0.3, 0.4) is 0 Å². The van der Waals surface area contributed by atoms with E-state index in [4.69, 9.17) is 5.73 Å². The van der Waals surface area contributed by atoms with Crippen LogP contribution in [0.1, 0.15) is 29.9 Å². The molecule has 0 aromatic heterocycles. The Morgan fingerprint density at radius 3 is 2.81 bits per heavy atom. The number of hydrogen-bond donors (Lipinski definition) is 2. The SMILES string of the molecule is NCC1(NC(=O)C2Cc3ccccc32)CC1. The van der Waals surface area contributed by atoms with Crippen molar-refractivity contribution in [3.8, 4) is 0 Å². The fourth-order valence-electron chi connectivity index (χ4n) is 2.37. The molecule has 1 aromatic rings. The van der Waals surface area contributed by atoms with Gasteiger partial charge in [0.2, 0.25) is 5.91 Å². The lowest BCUT2D eigenvalue weighted by atomic mass is 9.77. The van der Waals surface area contributed by atoms with Crippen LogP contribution in [0.4, 0.5) is 0 Å². The number of rotatable bonds is 3. The summed E-state index contributed by atoms with van der Waals surface area (Å²) in [7, 11) is 0. The van der Waals surface area contributed by atoms with Gasteiger partial charge in [0.05, 0.1) is 11.5 Å². The Balaban J connectivity index is 1.70. The standard InChI is InChI=1S/C13H16N2O/c14-8-13(5-6-13)15-12(16)11-7-9-3-1-2-4-10(9)11/h1-4,11H,5-8,14H2,(H,15,16). The molecular formula is C13H16N2O. The molecule has 3 N–H and O–H groups in total. The molecule has 16 heavy (non-hydrogen) atoms. The molecule has 2 aliphatic carbocycles. The summed E-state index contributed by atoms with van der Waals surface area (Å²) in [5.74, 6) is 0.210. The quantitative estimate of drug-likeness (QED) is 0.790. The lowest BCUT2D eigenvalue weighted by molar-refractivity contribution is -0.124. The van der Waals surface area contributed by atoms with Gasteiger partial charge in [-0.1, -0.05) is 24.3 Å². The van der Waals surface area contributed by atoms with Crippen molar-refractivity contribution in [2.24, 2.45) is 5.73 Å². The first kappa shape index (κ1) is 9.85. The maximum atomic E-state index is 12.0. The van der Waals surface area contributed by atoms with E-state index in [9.17, 15) is 4.79 Å². The Hall–Kier alpha value is -1.35. The van der Waals surface area contributed by atoms with Crippen LogP contribution in [0.25, 0.3) is 0 Å². The zero-order chi connectivity index (χ0) is 11.2. The van der Waals surface area contributed by atoms with Crippen LogP contribution in [-0.4, -0.2) is 18.0 Å². The molecule has 0 saturated heterocycles. The summed E-state index contributed by atoms with van der Waals surface area (Å²) in [6.45, 7) is 0.563. The molecule has 3 rings (SSSR count). The average Bonchev–Trinajstić information content (AvgIpc) is 3.00. The van der Waals surface area contributed by atoms with E-state index >= 15 is 0 Å². The van der Waals surface area contributed by atoms with E-state index in [0.29, 0.717) is 6.54 Å². The molecule has 0 heterocycles. The number of nitrogens with two attached hydrogens (primary N) is 1. The fraction of sp³-hybridized carbons (Fsp3) is 0.462. The van der Waals surface area contributed by atoms with Crippen molar-refractivity contribution < 1.29 is 4.79 Å². The van der Waals surface area contributed by atoms with Crippen LogP contribution in [0, 0.1) is 0 Å². The van der Waals surface area contributed by atoms with Gasteiger partial charge in [-0.15, -0.1) is 0 Å². The minimum Gasteiger partial charge on any atom is -0.349 e. The summed E-state index contributed by atoms with van der Waals surface area (Å²) < 4.78 is 0. The predicted molar refractivity (Wildman–Crippen MR) is 62.0 cm³/mol. The molecule has 1 amide bonds. The highest BCUT2D eigenvalue weighted by atomic mass is 16.2. The first-order valence-electron chi connectivity index (χ1n) is 5.84. The Kier molecular flexibility index (Phi) is 2.04. The van der Waals surface area contributed by atoms with E-state index in [1.165, 1.54) is 11.1 Å². The minimum absolute atomic E-state index is 0.0558. The highest BCUT2D eigenvalue weighted by Gasteiger charge is 2.45. The fourth-order valence-corrected chi connectivity index (χ4v) is 2.37. The van der Waals surface area contributed by atoms with Gasteiger partial charge in [0.1, 0.15) is 0 Å². The Morgan fingerprint density at radius 2 is 2.19 bits per heavy atom. The summed E-state index contributed by atoms with van der Waals surface area (Å²) >= 11 is 0. The van der Waals surface area contributed by atoms with Gasteiger partial charge in [-0.2, -0.15) is 0 Å². The molecule has 3 nitrogen and oxygen atoms in total. The van der Waals surface area contributed by atoms with E-state index in [0.717, 1.165) is 19.3 Å².